The van der Waals surface area contributed by atoms with Gasteiger partial charge in [0.2, 0.25) is 0 Å². The summed E-state index contributed by atoms with van der Waals surface area (Å²) >= 11 is 0. The number of hydrogen-bond acceptors (Lipinski definition) is 2. The Bertz CT molecular complexity index is 531. The summed E-state index contributed by atoms with van der Waals surface area (Å²) in [5.74, 6) is -2.17. The average Bonchev–Trinajstić information content (AvgIpc) is 2.41. The maximum Gasteiger partial charge on any atom is 0.159 e. The van der Waals surface area contributed by atoms with Gasteiger partial charge in [-0.3, -0.25) is 4.98 Å². The molecular weight excluding hydrogens is 236 g/mol. The fourth-order valence-electron chi connectivity index (χ4n) is 1.79. The van der Waals surface area contributed by atoms with E-state index in [2.05, 4.69) is 4.98 Å². The number of pyridine rings is 1. The van der Waals surface area contributed by atoms with E-state index in [1.54, 1.807) is 25.3 Å². The van der Waals surface area contributed by atoms with Crippen LogP contribution in [-0.2, 0) is 0 Å². The van der Waals surface area contributed by atoms with Crippen LogP contribution in [0.15, 0.2) is 42.6 Å². The maximum absolute atomic E-state index is 13.1. The molecule has 0 fully saturated rings. The lowest BCUT2D eigenvalue weighted by atomic mass is 9.94. The summed E-state index contributed by atoms with van der Waals surface area (Å²) < 4.78 is 25.9. The first-order chi connectivity index (χ1) is 8.59. The zero-order chi connectivity index (χ0) is 13.1. The third-order valence-electron chi connectivity index (χ3n) is 2.91. The van der Waals surface area contributed by atoms with E-state index < -0.39 is 17.7 Å². The molecule has 0 bridgehead atoms. The summed E-state index contributed by atoms with van der Waals surface area (Å²) in [5.41, 5.74) is 1.04. The van der Waals surface area contributed by atoms with Crippen molar-refractivity contribution in [3.63, 3.8) is 0 Å². The standard InChI is InChI=1S/C14H13F2NO/c1-9(13-4-2-3-7-17-13)14(18)10-5-6-11(15)12(16)8-10/h2-9,14,18H,1H3. The van der Waals surface area contributed by atoms with E-state index in [1.807, 2.05) is 6.07 Å². The van der Waals surface area contributed by atoms with E-state index in [-0.39, 0.29) is 5.92 Å². The van der Waals surface area contributed by atoms with Crippen LogP contribution in [0, 0.1) is 11.6 Å². The monoisotopic (exact) mass is 249 g/mol. The van der Waals surface area contributed by atoms with Crippen LogP contribution in [0.25, 0.3) is 0 Å². The molecule has 2 nitrogen and oxygen atoms in total. The lowest BCUT2D eigenvalue weighted by Crippen LogP contribution is -2.09. The van der Waals surface area contributed by atoms with E-state index >= 15 is 0 Å². The van der Waals surface area contributed by atoms with Crippen LogP contribution < -0.4 is 0 Å². The van der Waals surface area contributed by atoms with Crippen molar-refractivity contribution in [1.82, 2.24) is 4.98 Å². The first-order valence-corrected chi connectivity index (χ1v) is 5.63. The molecule has 0 aliphatic heterocycles. The zero-order valence-electron chi connectivity index (χ0n) is 9.85. The summed E-state index contributed by atoms with van der Waals surface area (Å²) in [6.45, 7) is 1.79. The van der Waals surface area contributed by atoms with Gasteiger partial charge in [-0.05, 0) is 29.8 Å². The maximum atomic E-state index is 13.1. The largest absolute Gasteiger partial charge is 0.388 e. The first kappa shape index (κ1) is 12.6. The van der Waals surface area contributed by atoms with Crippen molar-refractivity contribution in [2.45, 2.75) is 18.9 Å². The van der Waals surface area contributed by atoms with E-state index in [4.69, 9.17) is 0 Å². The lowest BCUT2D eigenvalue weighted by Gasteiger charge is -2.18. The Hall–Kier alpha value is -1.81. The van der Waals surface area contributed by atoms with Gasteiger partial charge in [-0.1, -0.05) is 19.1 Å². The predicted octanol–water partition coefficient (Wildman–Crippen LogP) is 3.20. The Morgan fingerprint density at radius 2 is 1.89 bits per heavy atom. The van der Waals surface area contributed by atoms with Gasteiger partial charge in [0.1, 0.15) is 0 Å². The van der Waals surface area contributed by atoms with Gasteiger partial charge in [-0.15, -0.1) is 0 Å². The second-order valence-electron chi connectivity index (χ2n) is 4.16. The topological polar surface area (TPSA) is 33.1 Å². The van der Waals surface area contributed by atoms with E-state index in [0.717, 1.165) is 12.1 Å². The molecule has 18 heavy (non-hydrogen) atoms. The molecule has 1 N–H and O–H groups in total. The molecule has 94 valence electrons. The van der Waals surface area contributed by atoms with Crippen LogP contribution in [0.5, 0.6) is 0 Å². The summed E-state index contributed by atoms with van der Waals surface area (Å²) in [6, 6.07) is 8.78. The summed E-state index contributed by atoms with van der Waals surface area (Å²) in [6.07, 6.45) is 0.707. The molecule has 1 heterocycles. The molecule has 0 aliphatic carbocycles. The summed E-state index contributed by atoms with van der Waals surface area (Å²) in [7, 11) is 0. The Kier molecular flexibility index (Phi) is 3.67. The van der Waals surface area contributed by atoms with E-state index in [0.29, 0.717) is 11.3 Å². The van der Waals surface area contributed by atoms with E-state index in [9.17, 15) is 13.9 Å². The molecule has 0 aliphatic rings. The van der Waals surface area contributed by atoms with Crippen molar-refractivity contribution in [3.05, 3.63) is 65.5 Å². The number of halogens is 2. The van der Waals surface area contributed by atoms with Gasteiger partial charge < -0.3 is 5.11 Å². The lowest BCUT2D eigenvalue weighted by molar-refractivity contribution is 0.149. The third kappa shape index (κ3) is 2.54. The predicted molar refractivity (Wildman–Crippen MR) is 64.0 cm³/mol. The molecule has 0 saturated heterocycles. The van der Waals surface area contributed by atoms with Crippen molar-refractivity contribution >= 4 is 0 Å². The Labute approximate surface area is 104 Å². The highest BCUT2D eigenvalue weighted by Crippen LogP contribution is 2.29. The van der Waals surface area contributed by atoms with Crippen molar-refractivity contribution in [2.75, 3.05) is 0 Å². The van der Waals surface area contributed by atoms with Gasteiger partial charge >= 0.3 is 0 Å². The fourth-order valence-corrected chi connectivity index (χ4v) is 1.79. The molecule has 2 atom stereocenters. The van der Waals surface area contributed by atoms with Crippen LogP contribution in [-0.4, -0.2) is 10.1 Å². The second-order valence-corrected chi connectivity index (χ2v) is 4.16. The van der Waals surface area contributed by atoms with Crippen LogP contribution in [0.1, 0.15) is 30.2 Å². The molecule has 0 amide bonds. The highest BCUT2D eigenvalue weighted by molar-refractivity contribution is 5.24. The minimum atomic E-state index is -0.959. The van der Waals surface area contributed by atoms with Crippen molar-refractivity contribution in [3.8, 4) is 0 Å². The SMILES string of the molecule is CC(c1ccccn1)C(O)c1ccc(F)c(F)c1. The Balaban J connectivity index is 2.25. The van der Waals surface area contributed by atoms with Crippen LogP contribution in [0.4, 0.5) is 8.78 Å². The van der Waals surface area contributed by atoms with Crippen LogP contribution >= 0.6 is 0 Å². The zero-order valence-corrected chi connectivity index (χ0v) is 9.85. The quantitative estimate of drug-likeness (QED) is 0.906. The van der Waals surface area contributed by atoms with Gasteiger partial charge in [-0.2, -0.15) is 0 Å². The van der Waals surface area contributed by atoms with Gasteiger partial charge in [0, 0.05) is 17.8 Å². The second kappa shape index (κ2) is 5.23. The number of hydrogen-bond donors (Lipinski definition) is 1. The number of aromatic nitrogens is 1. The fraction of sp³-hybridized carbons (Fsp3) is 0.214. The third-order valence-corrected chi connectivity index (χ3v) is 2.91. The van der Waals surface area contributed by atoms with Crippen molar-refractivity contribution in [1.29, 1.82) is 0 Å². The molecule has 2 unspecified atom stereocenters. The highest BCUT2D eigenvalue weighted by atomic mass is 19.2. The van der Waals surface area contributed by atoms with Crippen molar-refractivity contribution < 1.29 is 13.9 Å². The Morgan fingerprint density at radius 1 is 1.11 bits per heavy atom. The average molecular weight is 249 g/mol. The molecule has 0 spiro atoms. The number of aliphatic hydroxyl groups excluding tert-OH is 1. The van der Waals surface area contributed by atoms with Crippen LogP contribution in [0.2, 0.25) is 0 Å². The molecular formula is C14H13F2NO. The molecule has 4 heteroatoms. The van der Waals surface area contributed by atoms with Gasteiger partial charge in [0.25, 0.3) is 0 Å². The van der Waals surface area contributed by atoms with E-state index in [1.165, 1.54) is 6.07 Å². The molecule has 0 radical (unpaired) electrons. The molecule has 0 saturated carbocycles. The normalized spacial score (nSPS) is 14.2. The first-order valence-electron chi connectivity index (χ1n) is 5.63. The minimum Gasteiger partial charge on any atom is -0.388 e. The minimum absolute atomic E-state index is 0.295. The molecule has 2 aromatic rings. The van der Waals surface area contributed by atoms with Gasteiger partial charge in [0.05, 0.1) is 6.10 Å². The summed E-state index contributed by atoms with van der Waals surface area (Å²) in [4.78, 5) is 4.14. The van der Waals surface area contributed by atoms with Gasteiger partial charge in [-0.25, -0.2) is 8.78 Å². The smallest absolute Gasteiger partial charge is 0.159 e. The number of aliphatic hydroxyl groups is 1. The number of rotatable bonds is 3. The van der Waals surface area contributed by atoms with Crippen LogP contribution in [0.3, 0.4) is 0 Å². The van der Waals surface area contributed by atoms with Gasteiger partial charge in [0.15, 0.2) is 11.6 Å². The van der Waals surface area contributed by atoms with Crippen molar-refractivity contribution in [2.24, 2.45) is 0 Å². The highest BCUT2D eigenvalue weighted by Gasteiger charge is 2.20. The molecule has 1 aromatic heterocycles. The summed E-state index contributed by atoms with van der Waals surface area (Å²) in [5, 5.41) is 10.1. The molecule has 1 aromatic carbocycles. The number of benzene rings is 1. The Morgan fingerprint density at radius 3 is 2.50 bits per heavy atom. The molecule has 2 rings (SSSR count). The number of nitrogens with zero attached hydrogens (tertiary/aromatic N) is 1.